The molecule has 1 rings (SSSR count). The molecule has 1 aliphatic rings. The molecule has 7 heavy (non-hydrogen) atoms. The van der Waals surface area contributed by atoms with Crippen molar-refractivity contribution in [1.29, 1.82) is 0 Å². The summed E-state index contributed by atoms with van der Waals surface area (Å²) in [6.45, 7) is 2.21. The lowest BCUT2D eigenvalue weighted by Crippen LogP contribution is -2.56. The molecule has 0 atom stereocenters. The third kappa shape index (κ3) is 0.947. The molecular weight excluding hydrogens is 89.7 g/mol. The van der Waals surface area contributed by atoms with E-state index in [4.69, 9.17) is 11.3 Å². The zero-order valence-electron chi connectivity index (χ0n) is 3.81. The molecule has 1 fully saturated rings. The van der Waals surface area contributed by atoms with Gasteiger partial charge in [-0.2, -0.15) is 0 Å². The quantitative estimate of drug-likeness (QED) is 0.245. The first-order chi connectivity index (χ1) is 3.30. The van der Waals surface area contributed by atoms with E-state index in [1.54, 1.807) is 0 Å². The Morgan fingerprint density at radius 1 is 1.14 bits per heavy atom. The van der Waals surface area contributed by atoms with Crippen molar-refractivity contribution in [2.75, 3.05) is 0 Å². The maximum Gasteiger partial charge on any atom is 0.305 e. The first-order valence-corrected chi connectivity index (χ1v) is 2.08. The first-order valence-electron chi connectivity index (χ1n) is 2.08. The predicted octanol–water partition coefficient (Wildman–Crippen LogP) is -2.85. The van der Waals surface area contributed by atoms with E-state index in [-0.39, 0.29) is 13.7 Å². The van der Waals surface area contributed by atoms with Crippen LogP contribution in [0.5, 0.6) is 0 Å². The lowest BCUT2D eigenvalue weighted by molar-refractivity contribution is 1.05. The van der Waals surface area contributed by atoms with Gasteiger partial charge in [-0.05, 0) is 0 Å². The highest BCUT2D eigenvalue weighted by atomic mass is 15.1. The van der Waals surface area contributed by atoms with E-state index in [1.807, 2.05) is 0 Å². The molecule has 0 amide bonds. The zero-order chi connectivity index (χ0) is 5.28. The Morgan fingerprint density at radius 2 is 1.57 bits per heavy atom. The van der Waals surface area contributed by atoms with Crippen molar-refractivity contribution in [3.63, 3.8) is 0 Å². The molecule has 0 aromatic rings. The molecule has 0 spiro atoms. The molecule has 4 nitrogen and oxygen atoms in total. The molecule has 0 unspecified atom stereocenters. The molecule has 0 saturated carbocycles. The molecule has 0 bridgehead atoms. The van der Waals surface area contributed by atoms with Crippen molar-refractivity contribution in [3.05, 3.63) is 6.67 Å². The number of hydrogen-bond donors (Lipinski definition) is 4. The molecule has 1 saturated heterocycles. The molecule has 1 aliphatic heterocycles. The monoisotopic (exact) mass is 96.1 g/mol. The Morgan fingerprint density at radius 3 is 1.71 bits per heavy atom. The molecular formula is CH6B2N4. The molecule has 36 valence electrons. The molecule has 0 aromatic heterocycles. The minimum atomic E-state index is -0.181. The number of nitrogens with two attached hydrogens (primary N) is 2. The summed E-state index contributed by atoms with van der Waals surface area (Å²) >= 11 is 0. The Kier molecular flexibility index (Phi) is 1.34. The average molecular weight is 95.7 g/mol. The second kappa shape index (κ2) is 1.83. The van der Waals surface area contributed by atoms with E-state index in [0.717, 1.165) is 0 Å². The Labute approximate surface area is 43.2 Å². The maximum atomic E-state index is 5.32. The Balaban J connectivity index is 2.33. The van der Waals surface area contributed by atoms with E-state index in [1.165, 1.54) is 0 Å². The summed E-state index contributed by atoms with van der Waals surface area (Å²) in [5.74, 6) is 0. The van der Waals surface area contributed by atoms with Crippen molar-refractivity contribution >= 4 is 13.7 Å². The lowest BCUT2D eigenvalue weighted by atomic mass is 9.38. The normalized spacial score (nSPS) is 21.4. The van der Waals surface area contributed by atoms with Crippen molar-refractivity contribution in [3.8, 4) is 0 Å². The van der Waals surface area contributed by atoms with Gasteiger partial charge in [0.25, 0.3) is 0 Å². The topological polar surface area (TPSA) is 76.1 Å². The second-order valence-corrected chi connectivity index (χ2v) is 1.47. The van der Waals surface area contributed by atoms with E-state index < -0.39 is 0 Å². The standard InChI is InChI=1S/CH6B2N4/c4-2-3(5)7-1-6-2/h6-7H,4-5H2. The van der Waals surface area contributed by atoms with Crippen LogP contribution < -0.4 is 21.7 Å². The van der Waals surface area contributed by atoms with Crippen molar-refractivity contribution < 1.29 is 0 Å². The molecule has 6 heteroatoms. The molecule has 1 heterocycles. The van der Waals surface area contributed by atoms with Gasteiger partial charge in [0.15, 0.2) is 0 Å². The minimum Gasteiger partial charge on any atom is -0.360 e. The van der Waals surface area contributed by atoms with Gasteiger partial charge in [0.1, 0.15) is 6.67 Å². The molecule has 0 aromatic carbocycles. The summed E-state index contributed by atoms with van der Waals surface area (Å²) < 4.78 is 0. The Bertz CT molecular complexity index is 58.7. The highest BCUT2D eigenvalue weighted by Gasteiger charge is 2.28. The van der Waals surface area contributed by atoms with E-state index in [2.05, 4.69) is 17.1 Å². The third-order valence-corrected chi connectivity index (χ3v) is 0.865. The van der Waals surface area contributed by atoms with Gasteiger partial charge in [0.05, 0.1) is 0 Å². The van der Waals surface area contributed by atoms with Gasteiger partial charge in [-0.3, -0.25) is 0 Å². The highest BCUT2D eigenvalue weighted by molar-refractivity contribution is 7.18. The van der Waals surface area contributed by atoms with Crippen molar-refractivity contribution in [1.82, 2.24) is 10.5 Å². The highest BCUT2D eigenvalue weighted by Crippen LogP contribution is 1.76. The van der Waals surface area contributed by atoms with Crippen molar-refractivity contribution in [2.24, 2.45) is 11.3 Å². The molecule has 6 N–H and O–H groups in total. The van der Waals surface area contributed by atoms with Crippen LogP contribution in [0.15, 0.2) is 0 Å². The zero-order valence-corrected chi connectivity index (χ0v) is 3.81. The molecule has 0 aliphatic carbocycles. The van der Waals surface area contributed by atoms with Gasteiger partial charge in [-0.25, -0.2) is 0 Å². The summed E-state index contributed by atoms with van der Waals surface area (Å²) in [5.41, 5.74) is 10.6. The van der Waals surface area contributed by atoms with Crippen LogP contribution in [0.3, 0.4) is 0 Å². The van der Waals surface area contributed by atoms with Gasteiger partial charge in [-0.1, -0.05) is 0 Å². The van der Waals surface area contributed by atoms with E-state index in [9.17, 15) is 0 Å². The first kappa shape index (κ1) is 5.11. The van der Waals surface area contributed by atoms with Gasteiger partial charge in [-0.15, -0.1) is 0 Å². The largest absolute Gasteiger partial charge is 0.360 e. The second-order valence-electron chi connectivity index (χ2n) is 1.47. The summed E-state index contributed by atoms with van der Waals surface area (Å²) in [6.07, 6.45) is 0. The van der Waals surface area contributed by atoms with Crippen LogP contribution in [0.25, 0.3) is 0 Å². The SMILES string of the molecule is NB1N[C]NB1N. The van der Waals surface area contributed by atoms with E-state index >= 15 is 0 Å². The van der Waals surface area contributed by atoms with Crippen LogP contribution in [0.1, 0.15) is 0 Å². The number of nitrogens with one attached hydrogen (secondary N) is 2. The maximum absolute atomic E-state index is 5.32. The van der Waals surface area contributed by atoms with Crippen LogP contribution in [0, 0.1) is 6.67 Å². The minimum absolute atomic E-state index is 0.181. The van der Waals surface area contributed by atoms with Crippen LogP contribution in [0.2, 0.25) is 0 Å². The summed E-state index contributed by atoms with van der Waals surface area (Å²) in [4.78, 5) is 0. The third-order valence-electron chi connectivity index (χ3n) is 0.865. The Hall–Kier alpha value is -0.0301. The van der Waals surface area contributed by atoms with Crippen LogP contribution >= 0.6 is 0 Å². The van der Waals surface area contributed by atoms with Crippen LogP contribution in [-0.4, -0.2) is 13.7 Å². The average Bonchev–Trinajstić information content (AvgIpc) is 1.91. The summed E-state index contributed by atoms with van der Waals surface area (Å²) in [5, 5.41) is 5.32. The van der Waals surface area contributed by atoms with Gasteiger partial charge in [0.2, 0.25) is 0 Å². The number of rotatable bonds is 0. The summed E-state index contributed by atoms with van der Waals surface area (Å²) in [6, 6.07) is 0. The van der Waals surface area contributed by atoms with E-state index in [0.29, 0.717) is 0 Å². The van der Waals surface area contributed by atoms with Gasteiger partial charge < -0.3 is 21.7 Å². The fourth-order valence-corrected chi connectivity index (χ4v) is 0.388. The number of hydrogen-bond acceptors (Lipinski definition) is 4. The van der Waals surface area contributed by atoms with Crippen LogP contribution in [0.4, 0.5) is 0 Å². The van der Waals surface area contributed by atoms with Gasteiger partial charge >= 0.3 is 13.7 Å². The summed E-state index contributed by atoms with van der Waals surface area (Å²) in [7, 11) is 0. The van der Waals surface area contributed by atoms with Gasteiger partial charge in [0, 0.05) is 0 Å². The molecule has 2 radical (unpaired) electrons. The predicted molar refractivity (Wildman–Crippen MR) is 29.4 cm³/mol. The van der Waals surface area contributed by atoms with Crippen molar-refractivity contribution in [2.45, 2.75) is 0 Å². The smallest absolute Gasteiger partial charge is 0.305 e. The fourth-order valence-electron chi connectivity index (χ4n) is 0.388. The lowest BCUT2D eigenvalue weighted by Gasteiger charge is -1.94. The van der Waals surface area contributed by atoms with Crippen LogP contribution in [-0.2, 0) is 0 Å². The fraction of sp³-hybridized carbons (Fsp3) is 0.